The van der Waals surface area contributed by atoms with Crippen LogP contribution in [0.15, 0.2) is 51.6 Å². The van der Waals surface area contributed by atoms with Gasteiger partial charge in [-0.25, -0.2) is 0 Å². The Bertz CT molecular complexity index is 770. The van der Waals surface area contributed by atoms with Crippen molar-refractivity contribution in [3.63, 3.8) is 0 Å². The largest absolute Gasteiger partial charge is 0.459 e. The second kappa shape index (κ2) is 7.61. The molecule has 1 aliphatic heterocycles. The molecule has 0 N–H and O–H groups in total. The van der Waals surface area contributed by atoms with Crippen LogP contribution in [0.4, 0.5) is 0 Å². The summed E-state index contributed by atoms with van der Waals surface area (Å²) in [5.41, 5.74) is 1.16. The molecule has 0 amide bonds. The smallest absolute Gasteiger partial charge is 0.283 e. The first-order chi connectivity index (χ1) is 12.4. The first-order valence-electron chi connectivity index (χ1n) is 8.89. The van der Waals surface area contributed by atoms with E-state index in [2.05, 4.69) is 32.2 Å². The molecule has 6 nitrogen and oxygen atoms in total. The highest BCUT2D eigenvalue weighted by Crippen LogP contribution is 2.24. The second-order valence-corrected chi connectivity index (χ2v) is 6.46. The van der Waals surface area contributed by atoms with E-state index < -0.39 is 0 Å². The minimum absolute atomic E-state index is 0.446. The number of likely N-dealkylation sites (tertiary alicyclic amines) is 1. The maximum atomic E-state index is 5.77. The van der Waals surface area contributed by atoms with Crippen LogP contribution in [0.25, 0.3) is 11.7 Å². The Kier molecular flexibility index (Phi) is 4.88. The SMILES string of the molecule is c1ccc(CCC2CCCCN2Cc2nnc(-c3ccco3)o2)nc1. The van der Waals surface area contributed by atoms with Gasteiger partial charge in [0.25, 0.3) is 5.89 Å². The van der Waals surface area contributed by atoms with Crippen LogP contribution in [0.2, 0.25) is 0 Å². The molecule has 4 rings (SSSR count). The number of pyridine rings is 1. The van der Waals surface area contributed by atoms with Crippen molar-refractivity contribution in [1.82, 2.24) is 20.1 Å². The average Bonchev–Trinajstić information content (AvgIpc) is 3.33. The molecule has 6 heteroatoms. The van der Waals surface area contributed by atoms with E-state index in [1.54, 1.807) is 6.26 Å². The van der Waals surface area contributed by atoms with Gasteiger partial charge in [0, 0.05) is 17.9 Å². The van der Waals surface area contributed by atoms with E-state index in [0.717, 1.165) is 25.1 Å². The number of furan rings is 1. The highest BCUT2D eigenvalue weighted by molar-refractivity contribution is 5.42. The van der Waals surface area contributed by atoms with Gasteiger partial charge in [-0.15, -0.1) is 10.2 Å². The van der Waals surface area contributed by atoms with Crippen molar-refractivity contribution < 1.29 is 8.83 Å². The number of piperidine rings is 1. The molecule has 3 aromatic rings. The van der Waals surface area contributed by atoms with Gasteiger partial charge in [0.1, 0.15) is 0 Å². The van der Waals surface area contributed by atoms with Crippen LogP contribution in [0, 0.1) is 0 Å². The molecule has 25 heavy (non-hydrogen) atoms. The van der Waals surface area contributed by atoms with Crippen molar-refractivity contribution in [2.24, 2.45) is 0 Å². The number of hydrogen-bond donors (Lipinski definition) is 0. The number of aryl methyl sites for hydroxylation is 1. The van der Waals surface area contributed by atoms with Crippen molar-refractivity contribution >= 4 is 0 Å². The lowest BCUT2D eigenvalue weighted by molar-refractivity contribution is 0.120. The van der Waals surface area contributed by atoms with E-state index in [1.165, 1.54) is 19.3 Å². The van der Waals surface area contributed by atoms with Gasteiger partial charge in [-0.05, 0) is 56.5 Å². The zero-order valence-corrected chi connectivity index (χ0v) is 14.2. The minimum atomic E-state index is 0.446. The molecule has 3 aromatic heterocycles. The summed E-state index contributed by atoms with van der Waals surface area (Å²) < 4.78 is 11.1. The molecule has 1 aliphatic rings. The Morgan fingerprint density at radius 1 is 1.12 bits per heavy atom. The molecule has 0 spiro atoms. The summed E-state index contributed by atoms with van der Waals surface area (Å²) in [4.78, 5) is 6.90. The second-order valence-electron chi connectivity index (χ2n) is 6.46. The third kappa shape index (κ3) is 3.96. The zero-order valence-electron chi connectivity index (χ0n) is 14.2. The fourth-order valence-corrected chi connectivity index (χ4v) is 3.45. The predicted octanol–water partition coefficient (Wildman–Crippen LogP) is 3.71. The van der Waals surface area contributed by atoms with Gasteiger partial charge < -0.3 is 8.83 Å². The van der Waals surface area contributed by atoms with E-state index in [-0.39, 0.29) is 0 Å². The third-order valence-corrected chi connectivity index (χ3v) is 4.75. The van der Waals surface area contributed by atoms with Crippen LogP contribution in [-0.4, -0.2) is 32.7 Å². The molecule has 1 unspecified atom stereocenters. The average molecular weight is 338 g/mol. The van der Waals surface area contributed by atoms with E-state index in [0.29, 0.717) is 30.1 Å². The Hall–Kier alpha value is -2.47. The first-order valence-corrected chi connectivity index (χ1v) is 8.89. The van der Waals surface area contributed by atoms with E-state index in [1.807, 2.05) is 24.4 Å². The molecule has 0 aliphatic carbocycles. The number of aromatic nitrogens is 3. The third-order valence-electron chi connectivity index (χ3n) is 4.75. The maximum Gasteiger partial charge on any atom is 0.283 e. The summed E-state index contributed by atoms with van der Waals surface area (Å²) in [7, 11) is 0. The van der Waals surface area contributed by atoms with Crippen LogP contribution in [0.5, 0.6) is 0 Å². The van der Waals surface area contributed by atoms with Gasteiger partial charge >= 0.3 is 0 Å². The number of nitrogens with zero attached hydrogens (tertiary/aromatic N) is 4. The van der Waals surface area contributed by atoms with Crippen molar-refractivity contribution in [2.45, 2.75) is 44.7 Å². The summed E-state index contributed by atoms with van der Waals surface area (Å²) in [6.45, 7) is 1.77. The van der Waals surface area contributed by atoms with Crippen LogP contribution in [0.3, 0.4) is 0 Å². The summed E-state index contributed by atoms with van der Waals surface area (Å²) >= 11 is 0. The van der Waals surface area contributed by atoms with Crippen LogP contribution in [-0.2, 0) is 13.0 Å². The molecular weight excluding hydrogens is 316 g/mol. The lowest BCUT2D eigenvalue weighted by Gasteiger charge is -2.34. The Morgan fingerprint density at radius 3 is 2.96 bits per heavy atom. The molecule has 0 radical (unpaired) electrons. The van der Waals surface area contributed by atoms with Crippen LogP contribution < -0.4 is 0 Å². The van der Waals surface area contributed by atoms with Gasteiger partial charge in [0.15, 0.2) is 5.76 Å². The summed E-state index contributed by atoms with van der Waals surface area (Å²) in [5, 5.41) is 8.28. The molecule has 130 valence electrons. The molecule has 0 bridgehead atoms. The number of rotatable bonds is 6. The predicted molar refractivity (Wildman–Crippen MR) is 92.6 cm³/mol. The molecule has 0 saturated carbocycles. The fraction of sp³-hybridized carbons (Fsp3) is 0.421. The standard InChI is InChI=1S/C19H22N4O2/c1-3-11-20-15(6-1)9-10-16-7-2-4-12-23(16)14-18-21-22-19(25-18)17-8-5-13-24-17/h1,3,5-6,8,11,13,16H,2,4,7,9-10,12,14H2. The number of hydrogen-bond acceptors (Lipinski definition) is 6. The van der Waals surface area contributed by atoms with Crippen molar-refractivity contribution in [2.75, 3.05) is 6.54 Å². The first kappa shape index (κ1) is 16.0. The topological polar surface area (TPSA) is 68.2 Å². The molecular formula is C19H22N4O2. The summed E-state index contributed by atoms with van der Waals surface area (Å²) in [5.74, 6) is 1.71. The lowest BCUT2D eigenvalue weighted by Crippen LogP contribution is -2.39. The Morgan fingerprint density at radius 2 is 2.12 bits per heavy atom. The lowest BCUT2D eigenvalue weighted by atomic mass is 9.97. The summed E-state index contributed by atoms with van der Waals surface area (Å²) in [6.07, 6.45) is 9.30. The van der Waals surface area contributed by atoms with Gasteiger partial charge in [0.2, 0.25) is 5.89 Å². The zero-order chi connectivity index (χ0) is 16.9. The van der Waals surface area contributed by atoms with Crippen molar-refractivity contribution in [1.29, 1.82) is 0 Å². The Labute approximate surface area is 146 Å². The minimum Gasteiger partial charge on any atom is -0.459 e. The van der Waals surface area contributed by atoms with E-state index in [4.69, 9.17) is 8.83 Å². The van der Waals surface area contributed by atoms with Crippen molar-refractivity contribution in [3.05, 3.63) is 54.4 Å². The molecule has 4 heterocycles. The highest BCUT2D eigenvalue weighted by atomic mass is 16.4. The quantitative estimate of drug-likeness (QED) is 0.682. The van der Waals surface area contributed by atoms with Gasteiger partial charge in [-0.2, -0.15) is 0 Å². The monoisotopic (exact) mass is 338 g/mol. The van der Waals surface area contributed by atoms with Crippen LogP contribution in [0.1, 0.15) is 37.3 Å². The highest BCUT2D eigenvalue weighted by Gasteiger charge is 2.24. The van der Waals surface area contributed by atoms with Crippen molar-refractivity contribution in [3.8, 4) is 11.7 Å². The molecule has 1 atom stereocenters. The molecule has 1 saturated heterocycles. The summed E-state index contributed by atoms with van der Waals surface area (Å²) in [6, 6.07) is 10.3. The van der Waals surface area contributed by atoms with Crippen LogP contribution >= 0.6 is 0 Å². The Balaban J connectivity index is 1.39. The normalized spacial score (nSPS) is 18.5. The van der Waals surface area contributed by atoms with Gasteiger partial charge in [-0.1, -0.05) is 12.5 Å². The molecule has 0 aromatic carbocycles. The maximum absolute atomic E-state index is 5.77. The van der Waals surface area contributed by atoms with E-state index in [9.17, 15) is 0 Å². The van der Waals surface area contributed by atoms with Gasteiger partial charge in [-0.3, -0.25) is 9.88 Å². The van der Waals surface area contributed by atoms with Gasteiger partial charge in [0.05, 0.1) is 12.8 Å². The fourth-order valence-electron chi connectivity index (χ4n) is 3.45. The molecule has 1 fully saturated rings. The van der Waals surface area contributed by atoms with E-state index >= 15 is 0 Å².